The van der Waals surface area contributed by atoms with Crippen molar-refractivity contribution in [2.24, 2.45) is 0 Å². The van der Waals surface area contributed by atoms with Crippen LogP contribution in [0.2, 0.25) is 0 Å². The molecule has 0 bridgehead atoms. The van der Waals surface area contributed by atoms with Crippen LogP contribution in [-0.2, 0) is 11.3 Å². The molecule has 0 unspecified atom stereocenters. The summed E-state index contributed by atoms with van der Waals surface area (Å²) in [5.41, 5.74) is 1.29. The molecule has 0 aliphatic carbocycles. The summed E-state index contributed by atoms with van der Waals surface area (Å²) >= 11 is 1.35. The van der Waals surface area contributed by atoms with Gasteiger partial charge in [0.1, 0.15) is 5.01 Å². The number of amides is 2. The molecule has 3 rings (SSSR count). The number of hydrogen-bond acceptors (Lipinski definition) is 6. The second kappa shape index (κ2) is 8.18. The molecule has 0 spiro atoms. The number of carbonyl (C=O) groups excluding carboxylic acids is 1. The highest BCUT2D eigenvalue weighted by molar-refractivity contribution is 7.15. The second-order valence-electron chi connectivity index (χ2n) is 5.67. The summed E-state index contributed by atoms with van der Waals surface area (Å²) in [5.74, 6) is 0. The van der Waals surface area contributed by atoms with Gasteiger partial charge in [0.2, 0.25) is 5.13 Å². The monoisotopic (exact) mass is 347 g/mol. The molecule has 0 radical (unpaired) electrons. The molecule has 2 aromatic rings. The first-order chi connectivity index (χ1) is 11.7. The van der Waals surface area contributed by atoms with E-state index in [1.54, 1.807) is 0 Å². The lowest BCUT2D eigenvalue weighted by molar-refractivity contribution is -0.0285. The van der Waals surface area contributed by atoms with E-state index in [-0.39, 0.29) is 12.1 Å². The molecular weight excluding hydrogens is 326 g/mol. The largest absolute Gasteiger partial charge is 0.374 e. The average Bonchev–Trinajstić information content (AvgIpc) is 2.99. The molecule has 2 N–H and O–H groups in total. The Balaban J connectivity index is 1.42. The molecule has 1 saturated heterocycles. The number of ether oxygens (including phenoxy) is 1. The Morgan fingerprint density at radius 1 is 1.38 bits per heavy atom. The Kier molecular flexibility index (Phi) is 5.73. The van der Waals surface area contributed by atoms with Crippen molar-refractivity contribution in [3.8, 4) is 0 Å². The van der Waals surface area contributed by atoms with Crippen molar-refractivity contribution in [2.45, 2.75) is 19.6 Å². The number of anilines is 1. The van der Waals surface area contributed by atoms with Gasteiger partial charge in [0.05, 0.1) is 12.7 Å². The van der Waals surface area contributed by atoms with Gasteiger partial charge in [-0.3, -0.25) is 10.2 Å². The van der Waals surface area contributed by atoms with E-state index in [0.717, 1.165) is 24.6 Å². The third kappa shape index (κ3) is 4.98. The van der Waals surface area contributed by atoms with E-state index in [1.807, 2.05) is 25.1 Å². The van der Waals surface area contributed by atoms with Crippen LogP contribution in [0, 0.1) is 6.92 Å². The first-order valence-corrected chi connectivity index (χ1v) is 8.73. The minimum absolute atomic E-state index is 0.00984. The number of carbonyl (C=O) groups is 1. The molecular formula is C16H21N5O2S. The number of hydrogen-bond donors (Lipinski definition) is 2. The SMILES string of the molecule is Cc1nnc(NC(=O)NC[C@@H]2CN(Cc3ccccc3)CCO2)s1. The van der Waals surface area contributed by atoms with E-state index in [4.69, 9.17) is 4.74 Å². The maximum Gasteiger partial charge on any atom is 0.321 e. The van der Waals surface area contributed by atoms with Crippen molar-refractivity contribution in [1.29, 1.82) is 0 Å². The van der Waals surface area contributed by atoms with E-state index in [9.17, 15) is 4.79 Å². The van der Waals surface area contributed by atoms with Crippen LogP contribution < -0.4 is 10.6 Å². The molecule has 1 aliphatic rings. The summed E-state index contributed by atoms with van der Waals surface area (Å²) in [4.78, 5) is 14.2. The van der Waals surface area contributed by atoms with Crippen LogP contribution in [-0.4, -0.2) is 53.5 Å². The lowest BCUT2D eigenvalue weighted by Crippen LogP contribution is -2.47. The van der Waals surface area contributed by atoms with Gasteiger partial charge in [0.15, 0.2) is 0 Å². The zero-order chi connectivity index (χ0) is 16.8. The molecule has 1 aliphatic heterocycles. The molecule has 7 nitrogen and oxygen atoms in total. The van der Waals surface area contributed by atoms with Crippen molar-refractivity contribution in [2.75, 3.05) is 31.6 Å². The molecule has 2 amide bonds. The van der Waals surface area contributed by atoms with Gasteiger partial charge >= 0.3 is 6.03 Å². The van der Waals surface area contributed by atoms with Gasteiger partial charge in [0.25, 0.3) is 0 Å². The van der Waals surface area contributed by atoms with Gasteiger partial charge in [0, 0.05) is 26.2 Å². The Bertz CT molecular complexity index is 663. The highest BCUT2D eigenvalue weighted by atomic mass is 32.1. The minimum Gasteiger partial charge on any atom is -0.374 e. The lowest BCUT2D eigenvalue weighted by atomic mass is 10.2. The Morgan fingerprint density at radius 3 is 2.96 bits per heavy atom. The molecule has 2 heterocycles. The maximum absolute atomic E-state index is 11.9. The number of rotatable bonds is 5. The number of morpholine rings is 1. The van der Waals surface area contributed by atoms with Gasteiger partial charge in [-0.2, -0.15) is 0 Å². The second-order valence-corrected chi connectivity index (χ2v) is 6.86. The topological polar surface area (TPSA) is 79.4 Å². The predicted octanol–water partition coefficient (Wildman–Crippen LogP) is 1.87. The maximum atomic E-state index is 11.9. The summed E-state index contributed by atoms with van der Waals surface area (Å²) in [6, 6.07) is 10.1. The summed E-state index contributed by atoms with van der Waals surface area (Å²) < 4.78 is 5.74. The molecule has 0 saturated carbocycles. The lowest BCUT2D eigenvalue weighted by Gasteiger charge is -2.33. The van der Waals surface area contributed by atoms with Crippen molar-refractivity contribution in [1.82, 2.24) is 20.4 Å². The Labute approximate surface area is 145 Å². The van der Waals surface area contributed by atoms with Crippen LogP contribution in [0.1, 0.15) is 10.6 Å². The van der Waals surface area contributed by atoms with E-state index in [2.05, 4.69) is 37.9 Å². The normalized spacial score (nSPS) is 18.3. The zero-order valence-electron chi connectivity index (χ0n) is 13.6. The van der Waals surface area contributed by atoms with Crippen LogP contribution in [0.4, 0.5) is 9.93 Å². The molecule has 1 aromatic heterocycles. The van der Waals surface area contributed by atoms with Crippen LogP contribution >= 0.6 is 11.3 Å². The molecule has 1 aromatic carbocycles. The van der Waals surface area contributed by atoms with Crippen molar-refractivity contribution in [3.63, 3.8) is 0 Å². The highest BCUT2D eigenvalue weighted by Gasteiger charge is 2.21. The molecule has 1 atom stereocenters. The fourth-order valence-corrected chi connectivity index (χ4v) is 3.17. The average molecular weight is 347 g/mol. The fraction of sp³-hybridized carbons (Fsp3) is 0.438. The number of urea groups is 1. The van der Waals surface area contributed by atoms with Gasteiger partial charge in [-0.05, 0) is 12.5 Å². The van der Waals surface area contributed by atoms with Gasteiger partial charge in [-0.1, -0.05) is 41.7 Å². The molecule has 128 valence electrons. The molecule has 8 heteroatoms. The predicted molar refractivity (Wildman–Crippen MR) is 93.1 cm³/mol. The summed E-state index contributed by atoms with van der Waals surface area (Å²) in [7, 11) is 0. The number of nitrogens with one attached hydrogen (secondary N) is 2. The standard InChI is InChI=1S/C16H21N5O2S/c1-12-19-20-16(24-12)18-15(22)17-9-14-11-21(7-8-23-14)10-13-5-3-2-4-6-13/h2-6,14H,7-11H2,1H3,(H2,17,18,20,22)/t14-/m1/s1. The first-order valence-electron chi connectivity index (χ1n) is 7.92. The fourth-order valence-electron chi connectivity index (χ4n) is 2.58. The van der Waals surface area contributed by atoms with Gasteiger partial charge in [-0.15, -0.1) is 10.2 Å². The van der Waals surface area contributed by atoms with Gasteiger partial charge < -0.3 is 10.1 Å². The molecule has 24 heavy (non-hydrogen) atoms. The summed E-state index contributed by atoms with van der Waals surface area (Å²) in [6.45, 7) is 5.59. The summed E-state index contributed by atoms with van der Waals surface area (Å²) in [6.07, 6.45) is -0.00984. The van der Waals surface area contributed by atoms with Crippen LogP contribution in [0.25, 0.3) is 0 Å². The minimum atomic E-state index is -0.282. The van der Waals surface area contributed by atoms with Crippen LogP contribution in [0.3, 0.4) is 0 Å². The van der Waals surface area contributed by atoms with E-state index < -0.39 is 0 Å². The molecule has 1 fully saturated rings. The third-order valence-electron chi connectivity index (χ3n) is 3.71. The van der Waals surface area contributed by atoms with Crippen LogP contribution in [0.15, 0.2) is 30.3 Å². The van der Waals surface area contributed by atoms with E-state index in [0.29, 0.717) is 18.3 Å². The number of benzene rings is 1. The smallest absolute Gasteiger partial charge is 0.321 e. The first kappa shape index (κ1) is 16.8. The quantitative estimate of drug-likeness (QED) is 0.863. The zero-order valence-corrected chi connectivity index (χ0v) is 14.4. The number of aromatic nitrogens is 2. The third-order valence-corrected chi connectivity index (χ3v) is 4.46. The van der Waals surface area contributed by atoms with E-state index >= 15 is 0 Å². The summed E-state index contributed by atoms with van der Waals surface area (Å²) in [5, 5.41) is 14.6. The van der Waals surface area contributed by atoms with E-state index in [1.165, 1.54) is 16.9 Å². The van der Waals surface area contributed by atoms with Crippen molar-refractivity contribution in [3.05, 3.63) is 40.9 Å². The van der Waals surface area contributed by atoms with Gasteiger partial charge in [-0.25, -0.2) is 4.79 Å². The van der Waals surface area contributed by atoms with Crippen molar-refractivity contribution < 1.29 is 9.53 Å². The Morgan fingerprint density at radius 2 is 2.21 bits per heavy atom. The van der Waals surface area contributed by atoms with Crippen molar-refractivity contribution >= 4 is 22.5 Å². The Hall–Kier alpha value is -2.03. The highest BCUT2D eigenvalue weighted by Crippen LogP contribution is 2.13. The van der Waals surface area contributed by atoms with Crippen LogP contribution in [0.5, 0.6) is 0 Å². The number of aryl methyl sites for hydroxylation is 1. The number of nitrogens with zero attached hydrogens (tertiary/aromatic N) is 3.